The molecule has 1 amide bonds. The van der Waals surface area contributed by atoms with Crippen molar-refractivity contribution in [3.05, 3.63) is 53.8 Å². The van der Waals surface area contributed by atoms with Gasteiger partial charge in [-0.1, -0.05) is 41.6 Å². The molecule has 0 unspecified atom stereocenters. The average molecular weight is 400 g/mol. The molecule has 0 fully saturated rings. The van der Waals surface area contributed by atoms with Crippen LogP contribution in [0.3, 0.4) is 0 Å². The lowest BCUT2D eigenvalue weighted by Crippen LogP contribution is -2.22. The number of benzene rings is 1. The van der Waals surface area contributed by atoms with Gasteiger partial charge in [-0.3, -0.25) is 4.79 Å². The van der Waals surface area contributed by atoms with E-state index in [1.54, 1.807) is 19.1 Å². The molecule has 136 valence electrons. The maximum absolute atomic E-state index is 12.3. The minimum atomic E-state index is -0.446. The molecule has 9 heteroatoms. The summed E-state index contributed by atoms with van der Waals surface area (Å²) < 4.78 is 5.73. The number of hydrogen-bond acceptors (Lipinski definition) is 6. The number of nitrogens with zero attached hydrogens (tertiary/aromatic N) is 3. The van der Waals surface area contributed by atoms with Gasteiger partial charge in [0.15, 0.2) is 0 Å². The molecule has 3 heterocycles. The second-order valence-corrected chi connectivity index (χ2v) is 7.46. The first-order chi connectivity index (χ1) is 13.1. The fourth-order valence-corrected chi connectivity index (χ4v) is 3.29. The summed E-state index contributed by atoms with van der Waals surface area (Å²) in [6, 6.07) is 11.2. The summed E-state index contributed by atoms with van der Waals surface area (Å²) >= 11 is 6.97. The van der Waals surface area contributed by atoms with E-state index in [9.17, 15) is 4.79 Å². The third-order valence-electron chi connectivity index (χ3n) is 3.85. The molecule has 27 heavy (non-hydrogen) atoms. The quantitative estimate of drug-likeness (QED) is 0.483. The Kier molecular flexibility index (Phi) is 4.83. The van der Waals surface area contributed by atoms with Crippen molar-refractivity contribution in [3.8, 4) is 11.5 Å². The number of anilines is 1. The third-order valence-corrected chi connectivity index (χ3v) is 5.01. The second kappa shape index (κ2) is 7.42. The first kappa shape index (κ1) is 17.6. The Balaban J connectivity index is 1.45. The summed E-state index contributed by atoms with van der Waals surface area (Å²) in [4.78, 5) is 19.5. The average Bonchev–Trinajstić information content (AvgIpc) is 3.30. The first-order valence-electron chi connectivity index (χ1n) is 8.09. The highest BCUT2D eigenvalue weighted by Crippen LogP contribution is 2.30. The molecule has 1 aromatic carbocycles. The molecule has 0 bridgehead atoms. The number of aromatic amines is 1. The minimum absolute atomic E-state index is 0.221. The van der Waals surface area contributed by atoms with Gasteiger partial charge in [0.2, 0.25) is 5.91 Å². The van der Waals surface area contributed by atoms with E-state index in [1.165, 1.54) is 18.0 Å². The summed E-state index contributed by atoms with van der Waals surface area (Å²) in [6.07, 6.45) is 3.30. The molecule has 3 aromatic heterocycles. The predicted molar refractivity (Wildman–Crippen MR) is 105 cm³/mol. The number of aromatic nitrogens is 4. The lowest BCUT2D eigenvalue weighted by molar-refractivity contribution is -0.115. The molecule has 7 nitrogen and oxygen atoms in total. The van der Waals surface area contributed by atoms with Crippen LogP contribution in [-0.2, 0) is 4.79 Å². The molecule has 1 atom stereocenters. The topological polar surface area (TPSA) is 96.7 Å². The van der Waals surface area contributed by atoms with Crippen LogP contribution < -0.4 is 5.32 Å². The largest absolute Gasteiger partial charge is 0.411 e. The van der Waals surface area contributed by atoms with Gasteiger partial charge >= 0.3 is 0 Å². The molecule has 4 aromatic rings. The summed E-state index contributed by atoms with van der Waals surface area (Å²) in [5.74, 6) is 0.616. The van der Waals surface area contributed by atoms with Gasteiger partial charge in [-0.05, 0) is 25.1 Å². The normalized spacial score (nSPS) is 12.2. The van der Waals surface area contributed by atoms with Crippen molar-refractivity contribution in [1.29, 1.82) is 0 Å². The Hall–Kier alpha value is -2.84. The molecule has 0 radical (unpaired) electrons. The van der Waals surface area contributed by atoms with Crippen LogP contribution in [0.15, 0.2) is 58.4 Å². The molecule has 0 aliphatic rings. The first-order valence-corrected chi connectivity index (χ1v) is 9.35. The standard InChI is InChI=1S/C18H14ClN5O2S/c1-10(16(25)22-15-7-6-11(19)8-21-15)27-18-24-23-17(26-18)13-9-20-14-5-3-2-4-12(13)14/h2-10,20H,1H3,(H,21,22,25)/t10-/m0/s1. The van der Waals surface area contributed by atoms with Crippen molar-refractivity contribution in [2.75, 3.05) is 5.32 Å². The van der Waals surface area contributed by atoms with Crippen LogP contribution in [-0.4, -0.2) is 31.3 Å². The van der Waals surface area contributed by atoms with E-state index in [-0.39, 0.29) is 5.91 Å². The Labute approximate surface area is 163 Å². The van der Waals surface area contributed by atoms with Gasteiger partial charge in [-0.2, -0.15) is 0 Å². The number of rotatable bonds is 5. The van der Waals surface area contributed by atoms with E-state index in [0.29, 0.717) is 22.0 Å². The van der Waals surface area contributed by atoms with Crippen LogP contribution in [0, 0.1) is 0 Å². The highest BCUT2D eigenvalue weighted by atomic mass is 35.5. The fraction of sp³-hybridized carbons (Fsp3) is 0.111. The van der Waals surface area contributed by atoms with E-state index < -0.39 is 5.25 Å². The molecule has 2 N–H and O–H groups in total. The monoisotopic (exact) mass is 399 g/mol. The van der Waals surface area contributed by atoms with E-state index in [0.717, 1.165) is 16.5 Å². The van der Waals surface area contributed by atoms with E-state index >= 15 is 0 Å². The predicted octanol–water partition coefficient (Wildman–Crippen LogP) is 4.39. The molecule has 0 spiro atoms. The number of nitrogens with one attached hydrogen (secondary N) is 2. The van der Waals surface area contributed by atoms with Gasteiger partial charge in [-0.15, -0.1) is 10.2 Å². The number of para-hydroxylation sites is 1. The van der Waals surface area contributed by atoms with Gasteiger partial charge in [0.25, 0.3) is 11.1 Å². The van der Waals surface area contributed by atoms with Crippen molar-refractivity contribution in [2.45, 2.75) is 17.4 Å². The SMILES string of the molecule is C[C@H](Sc1nnc(-c2c[nH]c3ccccc23)o1)C(=O)Nc1ccc(Cl)cn1. The smallest absolute Gasteiger partial charge is 0.277 e. The van der Waals surface area contributed by atoms with Crippen LogP contribution in [0.1, 0.15) is 6.92 Å². The van der Waals surface area contributed by atoms with Gasteiger partial charge in [0.1, 0.15) is 5.82 Å². The van der Waals surface area contributed by atoms with Gasteiger partial charge in [0, 0.05) is 23.3 Å². The zero-order chi connectivity index (χ0) is 18.8. The highest BCUT2D eigenvalue weighted by molar-refractivity contribution is 8.00. The van der Waals surface area contributed by atoms with E-state index in [1.807, 2.05) is 30.5 Å². The van der Waals surface area contributed by atoms with Crippen LogP contribution in [0.25, 0.3) is 22.4 Å². The fourth-order valence-electron chi connectivity index (χ4n) is 2.50. The number of amides is 1. The molecular weight excluding hydrogens is 386 g/mol. The Morgan fingerprint density at radius 3 is 2.93 bits per heavy atom. The van der Waals surface area contributed by atoms with Crippen LogP contribution in [0.4, 0.5) is 5.82 Å². The van der Waals surface area contributed by atoms with Crippen molar-refractivity contribution in [3.63, 3.8) is 0 Å². The minimum Gasteiger partial charge on any atom is -0.411 e. The number of carbonyl (C=O) groups is 1. The molecule has 0 saturated heterocycles. The summed E-state index contributed by atoms with van der Waals surface area (Å²) in [5, 5.41) is 12.2. The summed E-state index contributed by atoms with van der Waals surface area (Å²) in [6.45, 7) is 1.76. The molecule has 0 saturated carbocycles. The lowest BCUT2D eigenvalue weighted by atomic mass is 10.2. The number of thioether (sulfide) groups is 1. The van der Waals surface area contributed by atoms with Gasteiger partial charge in [-0.25, -0.2) is 4.98 Å². The number of fused-ring (bicyclic) bond motifs is 1. The number of halogens is 1. The van der Waals surface area contributed by atoms with E-state index in [4.69, 9.17) is 16.0 Å². The molecule has 4 rings (SSSR count). The number of H-pyrrole nitrogens is 1. The molecule has 0 aliphatic heterocycles. The van der Waals surface area contributed by atoms with Crippen LogP contribution >= 0.6 is 23.4 Å². The van der Waals surface area contributed by atoms with Crippen LogP contribution in [0.2, 0.25) is 5.02 Å². The molecule has 0 aliphatic carbocycles. The Morgan fingerprint density at radius 2 is 2.11 bits per heavy atom. The summed E-state index contributed by atoms with van der Waals surface area (Å²) in [7, 11) is 0. The summed E-state index contributed by atoms with van der Waals surface area (Å²) in [5.41, 5.74) is 1.82. The Bertz CT molecular complexity index is 1090. The zero-order valence-electron chi connectivity index (χ0n) is 14.1. The van der Waals surface area contributed by atoms with Gasteiger partial charge in [0.05, 0.1) is 15.8 Å². The maximum atomic E-state index is 12.3. The lowest BCUT2D eigenvalue weighted by Gasteiger charge is -2.09. The maximum Gasteiger partial charge on any atom is 0.277 e. The number of pyridine rings is 1. The Morgan fingerprint density at radius 1 is 1.26 bits per heavy atom. The number of hydrogen-bond donors (Lipinski definition) is 2. The van der Waals surface area contributed by atoms with Crippen LogP contribution in [0.5, 0.6) is 0 Å². The molecular formula is C18H14ClN5O2S. The second-order valence-electron chi connectivity index (χ2n) is 5.73. The van der Waals surface area contributed by atoms with Gasteiger partial charge < -0.3 is 14.7 Å². The van der Waals surface area contributed by atoms with Crippen molar-refractivity contribution >= 4 is 46.0 Å². The van der Waals surface area contributed by atoms with Crippen molar-refractivity contribution in [1.82, 2.24) is 20.2 Å². The van der Waals surface area contributed by atoms with Crippen molar-refractivity contribution < 1.29 is 9.21 Å². The zero-order valence-corrected chi connectivity index (χ0v) is 15.7. The third kappa shape index (κ3) is 3.81. The number of carbonyl (C=O) groups excluding carboxylic acids is 1. The van der Waals surface area contributed by atoms with Crippen molar-refractivity contribution in [2.24, 2.45) is 0 Å². The highest BCUT2D eigenvalue weighted by Gasteiger charge is 2.20. The van der Waals surface area contributed by atoms with E-state index in [2.05, 4.69) is 25.5 Å².